The van der Waals surface area contributed by atoms with E-state index in [1.807, 2.05) is 30.3 Å². The van der Waals surface area contributed by atoms with E-state index in [1.165, 1.54) is 6.92 Å². The standard InChI is InChI=1S/C20H18ClN3O3/c1-13(25)23-17-11-15(7-8-16(17)21)24-19(26)9-10-20-22-12-18(27-20)14-5-3-2-4-6-14/h2-8,11-12H,9-10H2,1H3,(H,23,25)(H,24,26). The maximum atomic E-state index is 12.2. The Morgan fingerprint density at radius 2 is 1.89 bits per heavy atom. The van der Waals surface area contributed by atoms with Crippen LogP contribution in [0.3, 0.4) is 0 Å². The Bertz CT molecular complexity index is 954. The number of hydrogen-bond acceptors (Lipinski definition) is 4. The van der Waals surface area contributed by atoms with Gasteiger partial charge in [-0.25, -0.2) is 4.98 Å². The molecule has 0 unspecified atom stereocenters. The SMILES string of the molecule is CC(=O)Nc1cc(NC(=O)CCc2ncc(-c3ccccc3)o2)ccc1Cl. The van der Waals surface area contributed by atoms with Crippen LogP contribution in [0.2, 0.25) is 5.02 Å². The van der Waals surface area contributed by atoms with E-state index in [2.05, 4.69) is 15.6 Å². The molecule has 0 aliphatic rings. The average Bonchev–Trinajstić information content (AvgIpc) is 3.12. The quantitative estimate of drug-likeness (QED) is 0.655. The highest BCUT2D eigenvalue weighted by molar-refractivity contribution is 6.33. The Morgan fingerprint density at radius 3 is 2.63 bits per heavy atom. The Labute approximate surface area is 161 Å². The summed E-state index contributed by atoms with van der Waals surface area (Å²) in [5.41, 5.74) is 1.93. The molecule has 0 radical (unpaired) electrons. The van der Waals surface area contributed by atoms with E-state index >= 15 is 0 Å². The van der Waals surface area contributed by atoms with Crippen molar-refractivity contribution in [1.29, 1.82) is 0 Å². The fourth-order valence-electron chi connectivity index (χ4n) is 2.49. The summed E-state index contributed by atoms with van der Waals surface area (Å²) in [4.78, 5) is 27.6. The molecule has 2 aromatic carbocycles. The summed E-state index contributed by atoms with van der Waals surface area (Å²) in [7, 11) is 0. The first-order valence-electron chi connectivity index (χ1n) is 8.38. The van der Waals surface area contributed by atoms with Gasteiger partial charge in [0.1, 0.15) is 0 Å². The van der Waals surface area contributed by atoms with Gasteiger partial charge < -0.3 is 15.1 Å². The predicted molar refractivity (Wildman–Crippen MR) is 105 cm³/mol. The van der Waals surface area contributed by atoms with Gasteiger partial charge in [0.2, 0.25) is 11.8 Å². The first-order valence-corrected chi connectivity index (χ1v) is 8.76. The van der Waals surface area contributed by atoms with Crippen molar-refractivity contribution in [2.75, 3.05) is 10.6 Å². The van der Waals surface area contributed by atoms with E-state index in [9.17, 15) is 9.59 Å². The number of nitrogens with zero attached hydrogens (tertiary/aromatic N) is 1. The Kier molecular flexibility index (Phi) is 5.88. The largest absolute Gasteiger partial charge is 0.441 e. The average molecular weight is 384 g/mol. The molecule has 0 fully saturated rings. The molecule has 1 heterocycles. The number of benzene rings is 2. The zero-order chi connectivity index (χ0) is 19.2. The molecule has 0 atom stereocenters. The molecule has 1 aromatic heterocycles. The van der Waals surface area contributed by atoms with Crippen molar-refractivity contribution in [3.8, 4) is 11.3 Å². The van der Waals surface area contributed by atoms with Crippen LogP contribution in [0.15, 0.2) is 59.1 Å². The van der Waals surface area contributed by atoms with Gasteiger partial charge in [-0.05, 0) is 18.2 Å². The third-order valence-electron chi connectivity index (χ3n) is 3.74. The lowest BCUT2D eigenvalue weighted by atomic mass is 10.2. The second-order valence-corrected chi connectivity index (χ2v) is 6.32. The zero-order valence-electron chi connectivity index (χ0n) is 14.7. The second-order valence-electron chi connectivity index (χ2n) is 5.91. The van der Waals surface area contributed by atoms with Crippen LogP contribution in [0.5, 0.6) is 0 Å². The van der Waals surface area contributed by atoms with Crippen molar-refractivity contribution >= 4 is 34.8 Å². The molecule has 0 aliphatic carbocycles. The van der Waals surface area contributed by atoms with Crippen LogP contribution in [0.1, 0.15) is 19.2 Å². The van der Waals surface area contributed by atoms with E-state index in [4.69, 9.17) is 16.0 Å². The third-order valence-corrected chi connectivity index (χ3v) is 4.07. The first kappa shape index (κ1) is 18.7. The molecule has 0 saturated heterocycles. The van der Waals surface area contributed by atoms with E-state index < -0.39 is 0 Å². The van der Waals surface area contributed by atoms with Crippen LogP contribution in [0.4, 0.5) is 11.4 Å². The molecule has 0 saturated carbocycles. The van der Waals surface area contributed by atoms with Gasteiger partial charge in [0.15, 0.2) is 11.7 Å². The number of oxazole rings is 1. The van der Waals surface area contributed by atoms with Crippen LogP contribution in [-0.2, 0) is 16.0 Å². The first-order chi connectivity index (χ1) is 13.0. The van der Waals surface area contributed by atoms with E-state index in [-0.39, 0.29) is 18.2 Å². The summed E-state index contributed by atoms with van der Waals surface area (Å²) < 4.78 is 5.69. The molecular weight excluding hydrogens is 366 g/mol. The molecule has 0 bridgehead atoms. The molecule has 6 nitrogen and oxygen atoms in total. The van der Waals surface area contributed by atoms with E-state index in [0.29, 0.717) is 34.5 Å². The van der Waals surface area contributed by atoms with Gasteiger partial charge in [0.25, 0.3) is 0 Å². The molecule has 0 spiro atoms. The zero-order valence-corrected chi connectivity index (χ0v) is 15.4. The molecule has 0 aliphatic heterocycles. The number of carbonyl (C=O) groups is 2. The topological polar surface area (TPSA) is 84.2 Å². The Morgan fingerprint density at radius 1 is 1.11 bits per heavy atom. The normalized spacial score (nSPS) is 10.4. The number of carbonyl (C=O) groups excluding carboxylic acids is 2. The van der Waals surface area contributed by atoms with Crippen LogP contribution in [0.25, 0.3) is 11.3 Å². The van der Waals surface area contributed by atoms with Crippen LogP contribution in [-0.4, -0.2) is 16.8 Å². The molecular formula is C20H18ClN3O3. The molecule has 2 N–H and O–H groups in total. The molecule has 3 rings (SSSR count). The highest BCUT2D eigenvalue weighted by Crippen LogP contribution is 2.26. The summed E-state index contributed by atoms with van der Waals surface area (Å²) >= 11 is 6.02. The summed E-state index contributed by atoms with van der Waals surface area (Å²) in [6.07, 6.45) is 2.25. The lowest BCUT2D eigenvalue weighted by Crippen LogP contribution is -2.13. The van der Waals surface area contributed by atoms with Gasteiger partial charge >= 0.3 is 0 Å². The highest BCUT2D eigenvalue weighted by Gasteiger charge is 2.10. The predicted octanol–water partition coefficient (Wildman–Crippen LogP) is 4.52. The van der Waals surface area contributed by atoms with E-state index in [1.54, 1.807) is 24.4 Å². The van der Waals surface area contributed by atoms with Gasteiger partial charge in [-0.1, -0.05) is 41.9 Å². The summed E-state index contributed by atoms with van der Waals surface area (Å²) in [6, 6.07) is 14.5. The maximum Gasteiger partial charge on any atom is 0.224 e. The maximum absolute atomic E-state index is 12.2. The van der Waals surface area contributed by atoms with Crippen molar-refractivity contribution < 1.29 is 14.0 Å². The van der Waals surface area contributed by atoms with Crippen molar-refractivity contribution in [1.82, 2.24) is 4.98 Å². The fourth-order valence-corrected chi connectivity index (χ4v) is 2.66. The third kappa shape index (κ3) is 5.18. The van der Waals surface area contributed by atoms with Crippen LogP contribution < -0.4 is 10.6 Å². The van der Waals surface area contributed by atoms with E-state index in [0.717, 1.165) is 5.56 Å². The van der Waals surface area contributed by atoms with Crippen LogP contribution >= 0.6 is 11.6 Å². The molecule has 27 heavy (non-hydrogen) atoms. The number of amides is 2. The summed E-state index contributed by atoms with van der Waals surface area (Å²) in [5.74, 6) is 0.742. The number of aryl methyl sites for hydroxylation is 1. The molecule has 138 valence electrons. The Balaban J connectivity index is 1.57. The summed E-state index contributed by atoms with van der Waals surface area (Å²) in [5, 5.41) is 5.79. The van der Waals surface area contributed by atoms with Crippen molar-refractivity contribution in [2.24, 2.45) is 0 Å². The van der Waals surface area contributed by atoms with Gasteiger partial charge in [-0.2, -0.15) is 0 Å². The second kappa shape index (κ2) is 8.51. The Hall–Kier alpha value is -3.12. The van der Waals surface area contributed by atoms with Gasteiger partial charge in [0.05, 0.1) is 16.9 Å². The van der Waals surface area contributed by atoms with Gasteiger partial charge in [0, 0.05) is 31.0 Å². The lowest BCUT2D eigenvalue weighted by Gasteiger charge is -2.09. The fraction of sp³-hybridized carbons (Fsp3) is 0.150. The minimum Gasteiger partial charge on any atom is -0.441 e. The monoisotopic (exact) mass is 383 g/mol. The number of rotatable bonds is 6. The van der Waals surface area contributed by atoms with Gasteiger partial charge in [-0.3, -0.25) is 9.59 Å². The van der Waals surface area contributed by atoms with Crippen molar-refractivity contribution in [3.05, 3.63) is 65.6 Å². The number of hydrogen-bond donors (Lipinski definition) is 2. The number of nitrogens with one attached hydrogen (secondary N) is 2. The van der Waals surface area contributed by atoms with Crippen molar-refractivity contribution in [3.63, 3.8) is 0 Å². The number of aromatic nitrogens is 1. The van der Waals surface area contributed by atoms with Crippen molar-refractivity contribution in [2.45, 2.75) is 19.8 Å². The number of anilines is 2. The lowest BCUT2D eigenvalue weighted by molar-refractivity contribution is -0.116. The highest BCUT2D eigenvalue weighted by atomic mass is 35.5. The molecule has 3 aromatic rings. The minimum absolute atomic E-state index is 0.189. The van der Waals surface area contributed by atoms with Gasteiger partial charge in [-0.15, -0.1) is 0 Å². The minimum atomic E-state index is -0.238. The number of halogens is 1. The smallest absolute Gasteiger partial charge is 0.224 e. The molecule has 7 heteroatoms. The summed E-state index contributed by atoms with van der Waals surface area (Å²) in [6.45, 7) is 1.39. The molecule has 2 amide bonds. The van der Waals surface area contributed by atoms with Crippen LogP contribution in [0, 0.1) is 0 Å².